The van der Waals surface area contributed by atoms with Crippen molar-refractivity contribution in [1.82, 2.24) is 10.2 Å². The number of hydrogen-bond donors (Lipinski definition) is 2. The van der Waals surface area contributed by atoms with E-state index in [-0.39, 0.29) is 6.04 Å². The second kappa shape index (κ2) is 11.5. The van der Waals surface area contributed by atoms with Gasteiger partial charge in [0.25, 0.3) is 0 Å². The van der Waals surface area contributed by atoms with Crippen molar-refractivity contribution in [2.75, 3.05) is 11.9 Å². The van der Waals surface area contributed by atoms with Crippen molar-refractivity contribution in [3.8, 4) is 0 Å². The molecule has 1 unspecified atom stereocenters. The average Bonchev–Trinajstić information content (AvgIpc) is 2.93. The van der Waals surface area contributed by atoms with Gasteiger partial charge in [-0.2, -0.15) is 0 Å². The molecule has 1 aliphatic carbocycles. The first kappa shape index (κ1) is 24.9. The molecule has 0 amide bonds. The van der Waals surface area contributed by atoms with E-state index in [0.717, 1.165) is 47.5 Å². The third-order valence-electron chi connectivity index (χ3n) is 7.87. The number of nitrogens with one attached hydrogen (secondary N) is 2. The maximum Gasteiger partial charge on any atom is 0.0501 e. The quantitative estimate of drug-likeness (QED) is 0.341. The van der Waals surface area contributed by atoms with Crippen LogP contribution in [0.3, 0.4) is 0 Å². The molecule has 2 N–H and O–H groups in total. The van der Waals surface area contributed by atoms with Gasteiger partial charge in [-0.25, -0.2) is 0 Å². The molecule has 1 aliphatic heterocycles. The molecule has 3 aromatic rings. The molecule has 1 saturated carbocycles. The lowest BCUT2D eigenvalue weighted by molar-refractivity contribution is 0.141. The lowest BCUT2D eigenvalue weighted by Crippen LogP contribution is -2.40. The smallest absolute Gasteiger partial charge is 0.0501 e. The Hall–Kier alpha value is -2.75. The fraction of sp³-hybridized carbons (Fsp3) is 0.375. The Kier molecular flexibility index (Phi) is 7.99. The minimum absolute atomic E-state index is 0.0689. The number of rotatable bonds is 7. The summed E-state index contributed by atoms with van der Waals surface area (Å²) in [5, 5.41) is 8.17. The summed E-state index contributed by atoms with van der Waals surface area (Å²) < 4.78 is 0. The summed E-state index contributed by atoms with van der Waals surface area (Å²) in [6.07, 6.45) is 10.2. The third-order valence-corrected chi connectivity index (χ3v) is 8.22. The number of hydrogen-bond acceptors (Lipinski definition) is 3. The van der Waals surface area contributed by atoms with Crippen molar-refractivity contribution >= 4 is 28.7 Å². The Morgan fingerprint density at radius 1 is 1.00 bits per heavy atom. The highest BCUT2D eigenvalue weighted by molar-refractivity contribution is 6.31. The fourth-order valence-electron chi connectivity index (χ4n) is 5.88. The SMILES string of the molecule is C/C=C(\NC(C)c1cc(Nc2cccc3c2CCN(C2CCCCC2)C3)ccc1Cl)c1ccccc1. The minimum atomic E-state index is 0.0689. The van der Waals surface area contributed by atoms with Crippen LogP contribution in [0.15, 0.2) is 72.8 Å². The van der Waals surface area contributed by atoms with Crippen LogP contribution in [-0.4, -0.2) is 17.5 Å². The molecule has 0 saturated heterocycles. The van der Waals surface area contributed by atoms with E-state index in [9.17, 15) is 0 Å². The van der Waals surface area contributed by atoms with Gasteiger partial charge in [0, 0.05) is 41.2 Å². The first-order valence-electron chi connectivity index (χ1n) is 13.5. The molecule has 0 bridgehead atoms. The van der Waals surface area contributed by atoms with E-state index >= 15 is 0 Å². The Balaban J connectivity index is 1.32. The number of fused-ring (bicyclic) bond motifs is 1. The zero-order valence-electron chi connectivity index (χ0n) is 21.6. The van der Waals surface area contributed by atoms with Crippen LogP contribution in [0.2, 0.25) is 5.02 Å². The highest BCUT2D eigenvalue weighted by Crippen LogP contribution is 2.34. The highest BCUT2D eigenvalue weighted by atomic mass is 35.5. The summed E-state index contributed by atoms with van der Waals surface area (Å²) in [7, 11) is 0. The van der Waals surface area contributed by atoms with E-state index in [1.54, 1.807) is 0 Å². The van der Waals surface area contributed by atoms with Crippen LogP contribution in [0, 0.1) is 0 Å². The molecule has 5 rings (SSSR count). The lowest BCUT2D eigenvalue weighted by Gasteiger charge is -2.38. The van der Waals surface area contributed by atoms with E-state index in [1.807, 2.05) is 12.1 Å². The fourth-order valence-corrected chi connectivity index (χ4v) is 6.16. The van der Waals surface area contributed by atoms with Crippen LogP contribution in [0.25, 0.3) is 5.70 Å². The van der Waals surface area contributed by atoms with Gasteiger partial charge in [0.05, 0.1) is 6.04 Å². The standard InChI is InChI=1S/C32H38ClN3/c1-3-31(24-11-6-4-7-12-24)34-23(2)29-21-26(17-18-30(29)33)35-32-16-10-13-25-22-36(20-19-28(25)32)27-14-8-5-9-15-27/h3-4,6-7,10-13,16-18,21,23,27,34-35H,5,8-9,14-15,19-20,22H2,1-2H3/b31-3-. The van der Waals surface area contributed by atoms with Gasteiger partial charge in [0.2, 0.25) is 0 Å². The van der Waals surface area contributed by atoms with Crippen molar-refractivity contribution < 1.29 is 0 Å². The summed E-state index contributed by atoms with van der Waals surface area (Å²) in [5.74, 6) is 0. The van der Waals surface area contributed by atoms with Crippen molar-refractivity contribution in [3.05, 3.63) is 100 Å². The maximum absolute atomic E-state index is 6.68. The van der Waals surface area contributed by atoms with E-state index in [1.165, 1.54) is 54.5 Å². The summed E-state index contributed by atoms with van der Waals surface area (Å²) in [6, 6.07) is 24.3. The molecule has 1 fully saturated rings. The Labute approximate surface area is 221 Å². The van der Waals surface area contributed by atoms with Crippen LogP contribution >= 0.6 is 11.6 Å². The molecule has 3 aromatic carbocycles. The van der Waals surface area contributed by atoms with Crippen molar-refractivity contribution in [1.29, 1.82) is 0 Å². The van der Waals surface area contributed by atoms with Gasteiger partial charge in [0.15, 0.2) is 0 Å². The Morgan fingerprint density at radius 2 is 1.81 bits per heavy atom. The van der Waals surface area contributed by atoms with Gasteiger partial charge in [0.1, 0.15) is 0 Å². The Bertz CT molecular complexity index is 1200. The van der Waals surface area contributed by atoms with Crippen LogP contribution in [0.1, 0.15) is 74.2 Å². The lowest BCUT2D eigenvalue weighted by atomic mass is 9.90. The zero-order chi connectivity index (χ0) is 24.9. The van der Waals surface area contributed by atoms with Crippen LogP contribution < -0.4 is 10.6 Å². The molecular formula is C32H38ClN3. The van der Waals surface area contributed by atoms with Crippen LogP contribution in [0.5, 0.6) is 0 Å². The molecule has 0 radical (unpaired) electrons. The van der Waals surface area contributed by atoms with Gasteiger partial charge in [-0.1, -0.05) is 79.4 Å². The predicted molar refractivity (Wildman–Crippen MR) is 154 cm³/mol. The van der Waals surface area contributed by atoms with Crippen LogP contribution in [0.4, 0.5) is 11.4 Å². The first-order chi connectivity index (χ1) is 17.6. The number of halogens is 1. The molecule has 1 atom stereocenters. The van der Waals surface area contributed by atoms with Crippen LogP contribution in [-0.2, 0) is 13.0 Å². The molecule has 0 spiro atoms. The molecule has 36 heavy (non-hydrogen) atoms. The summed E-state index contributed by atoms with van der Waals surface area (Å²) in [4.78, 5) is 2.73. The number of allylic oxidation sites excluding steroid dienone is 1. The molecule has 4 heteroatoms. The molecular weight excluding hydrogens is 462 g/mol. The van der Waals surface area contributed by atoms with E-state index in [0.29, 0.717) is 0 Å². The number of benzene rings is 3. The Morgan fingerprint density at radius 3 is 2.58 bits per heavy atom. The normalized spacial score (nSPS) is 17.9. The molecule has 188 valence electrons. The molecule has 0 aromatic heterocycles. The average molecular weight is 500 g/mol. The van der Waals surface area contributed by atoms with Crippen molar-refractivity contribution in [3.63, 3.8) is 0 Å². The third kappa shape index (κ3) is 5.63. The minimum Gasteiger partial charge on any atom is -0.378 e. The highest BCUT2D eigenvalue weighted by Gasteiger charge is 2.26. The molecule has 1 heterocycles. The number of anilines is 2. The summed E-state index contributed by atoms with van der Waals surface area (Å²) in [6.45, 7) is 6.47. The first-order valence-corrected chi connectivity index (χ1v) is 13.9. The largest absolute Gasteiger partial charge is 0.378 e. The second-order valence-corrected chi connectivity index (χ2v) is 10.7. The van der Waals surface area contributed by atoms with Crippen molar-refractivity contribution in [2.45, 2.75) is 71.0 Å². The van der Waals surface area contributed by atoms with E-state index in [2.05, 4.69) is 90.1 Å². The molecule has 3 nitrogen and oxygen atoms in total. The number of nitrogens with zero attached hydrogens (tertiary/aromatic N) is 1. The second-order valence-electron chi connectivity index (χ2n) is 10.3. The summed E-state index contributed by atoms with van der Waals surface area (Å²) >= 11 is 6.68. The monoisotopic (exact) mass is 499 g/mol. The van der Waals surface area contributed by atoms with Crippen molar-refractivity contribution in [2.24, 2.45) is 0 Å². The zero-order valence-corrected chi connectivity index (χ0v) is 22.3. The topological polar surface area (TPSA) is 27.3 Å². The maximum atomic E-state index is 6.68. The van der Waals surface area contributed by atoms with Gasteiger partial charge in [-0.3, -0.25) is 4.90 Å². The van der Waals surface area contributed by atoms with E-state index in [4.69, 9.17) is 11.6 Å². The predicted octanol–water partition coefficient (Wildman–Crippen LogP) is 8.49. The van der Waals surface area contributed by atoms with Gasteiger partial charge in [-0.15, -0.1) is 0 Å². The summed E-state index contributed by atoms with van der Waals surface area (Å²) in [5.41, 5.74) is 8.61. The van der Waals surface area contributed by atoms with Gasteiger partial charge >= 0.3 is 0 Å². The van der Waals surface area contributed by atoms with Gasteiger partial charge in [-0.05, 0) is 79.6 Å². The van der Waals surface area contributed by atoms with Gasteiger partial charge < -0.3 is 10.6 Å². The molecule has 2 aliphatic rings. The van der Waals surface area contributed by atoms with E-state index < -0.39 is 0 Å².